The molecular weight excluding hydrogens is 251 g/mol. The molecule has 0 aliphatic rings. The molecule has 0 aromatic heterocycles. The van der Waals surface area contributed by atoms with Crippen LogP contribution in [0.3, 0.4) is 0 Å². The average Bonchev–Trinajstić information content (AvgIpc) is 2.21. The number of carbonyl (C=O) groups is 1. The zero-order chi connectivity index (χ0) is 13.3. The van der Waals surface area contributed by atoms with E-state index in [0.29, 0.717) is 6.42 Å². The third kappa shape index (κ3) is 10.2. The van der Waals surface area contributed by atoms with Gasteiger partial charge in [0.1, 0.15) is 0 Å². The summed E-state index contributed by atoms with van der Waals surface area (Å²) in [7, 11) is -4.41. The quantitative estimate of drug-likeness (QED) is 0.273. The molecule has 0 aromatic rings. The summed E-state index contributed by atoms with van der Waals surface area (Å²) in [6, 6.07) is 0. The fourth-order valence-corrected chi connectivity index (χ4v) is 1.20. The molecule has 17 heavy (non-hydrogen) atoms. The van der Waals surface area contributed by atoms with Crippen molar-refractivity contribution in [1.29, 1.82) is 0 Å². The Kier molecular flexibility index (Phi) is 8.03. The number of ether oxygens (including phenoxy) is 2. The molecule has 0 unspecified atom stereocenters. The second-order valence-corrected chi connectivity index (χ2v) is 4.29. The molecule has 7 nitrogen and oxygen atoms in total. The van der Waals surface area contributed by atoms with E-state index in [1.165, 1.54) is 0 Å². The van der Waals surface area contributed by atoms with E-state index >= 15 is 0 Å². The second-order valence-electron chi connectivity index (χ2n) is 3.05. The molecule has 2 N–H and O–H groups in total. The third-order valence-electron chi connectivity index (χ3n) is 1.53. The number of phosphoric acid groups is 1. The largest absolute Gasteiger partial charge is 0.469 e. The van der Waals surface area contributed by atoms with E-state index in [4.69, 9.17) is 14.5 Å². The van der Waals surface area contributed by atoms with Crippen molar-refractivity contribution in [3.05, 3.63) is 12.2 Å². The zero-order valence-corrected chi connectivity index (χ0v) is 10.5. The molecule has 0 rings (SSSR count). The predicted octanol–water partition coefficient (Wildman–Crippen LogP) is 0.622. The van der Waals surface area contributed by atoms with Crippen molar-refractivity contribution in [3.8, 4) is 0 Å². The standard InChI is InChI=1S/C9H17O7P/c1-3-15-9(10)8(2)7-14-5-4-6-16-17(11,12)13/h2-7H2,1H3,(H2,11,12,13). The minimum atomic E-state index is -4.41. The summed E-state index contributed by atoms with van der Waals surface area (Å²) < 4.78 is 24.2. The Morgan fingerprint density at radius 3 is 2.53 bits per heavy atom. The molecule has 0 aliphatic carbocycles. The average molecular weight is 268 g/mol. The van der Waals surface area contributed by atoms with Crippen molar-refractivity contribution in [3.63, 3.8) is 0 Å². The highest BCUT2D eigenvalue weighted by atomic mass is 31.2. The van der Waals surface area contributed by atoms with Crippen molar-refractivity contribution < 1.29 is 33.1 Å². The van der Waals surface area contributed by atoms with E-state index in [2.05, 4.69) is 15.8 Å². The van der Waals surface area contributed by atoms with Crippen LogP contribution in [0.5, 0.6) is 0 Å². The van der Waals surface area contributed by atoms with E-state index in [9.17, 15) is 9.36 Å². The summed E-state index contributed by atoms with van der Waals surface area (Å²) in [6.07, 6.45) is 0.307. The van der Waals surface area contributed by atoms with Gasteiger partial charge in [-0.1, -0.05) is 6.58 Å². The summed E-state index contributed by atoms with van der Waals surface area (Å²) in [5, 5.41) is 0. The number of phosphoric ester groups is 1. The first-order valence-corrected chi connectivity index (χ1v) is 6.52. The van der Waals surface area contributed by atoms with Crippen molar-refractivity contribution in [2.24, 2.45) is 0 Å². The van der Waals surface area contributed by atoms with Gasteiger partial charge in [0.2, 0.25) is 0 Å². The molecule has 0 aliphatic heterocycles. The minimum absolute atomic E-state index is 0.0226. The monoisotopic (exact) mass is 268 g/mol. The lowest BCUT2D eigenvalue weighted by Crippen LogP contribution is -2.12. The number of hydrogen-bond acceptors (Lipinski definition) is 5. The number of rotatable bonds is 9. The van der Waals surface area contributed by atoms with E-state index in [0.717, 1.165) is 0 Å². The molecule has 0 heterocycles. The summed E-state index contributed by atoms with van der Waals surface area (Å²) in [5.41, 5.74) is 0.197. The van der Waals surface area contributed by atoms with Gasteiger partial charge in [-0.2, -0.15) is 0 Å². The minimum Gasteiger partial charge on any atom is -0.463 e. The first kappa shape index (κ1) is 16.3. The number of esters is 1. The molecule has 0 fully saturated rings. The molecule has 0 bridgehead atoms. The Morgan fingerprint density at radius 1 is 1.35 bits per heavy atom. The van der Waals surface area contributed by atoms with Gasteiger partial charge in [-0.05, 0) is 13.3 Å². The molecular formula is C9H17O7P. The van der Waals surface area contributed by atoms with Crippen LogP contribution in [-0.4, -0.2) is 42.2 Å². The SMILES string of the molecule is C=C(COCCCOP(=O)(O)O)C(=O)OCC. The van der Waals surface area contributed by atoms with Crippen molar-refractivity contribution >= 4 is 13.8 Å². The van der Waals surface area contributed by atoms with Crippen molar-refractivity contribution in [2.75, 3.05) is 26.4 Å². The Balaban J connectivity index is 3.49. The molecule has 0 saturated heterocycles. The first-order valence-electron chi connectivity index (χ1n) is 4.99. The Morgan fingerprint density at radius 2 is 2.00 bits per heavy atom. The molecule has 0 amide bonds. The highest BCUT2D eigenvalue weighted by molar-refractivity contribution is 7.46. The molecule has 0 atom stereocenters. The molecule has 100 valence electrons. The smallest absolute Gasteiger partial charge is 0.463 e. The zero-order valence-electron chi connectivity index (χ0n) is 9.63. The maximum Gasteiger partial charge on any atom is 0.469 e. The van der Waals surface area contributed by atoms with Gasteiger partial charge < -0.3 is 19.3 Å². The van der Waals surface area contributed by atoms with Gasteiger partial charge in [0.25, 0.3) is 0 Å². The summed E-state index contributed by atoms with van der Waals surface area (Å²) in [6.45, 7) is 5.55. The Bertz CT molecular complexity index is 296. The van der Waals surface area contributed by atoms with Gasteiger partial charge >= 0.3 is 13.8 Å². The Labute approximate surface area is 99.6 Å². The van der Waals surface area contributed by atoms with Gasteiger partial charge in [-0.3, -0.25) is 4.52 Å². The van der Waals surface area contributed by atoms with Gasteiger partial charge in [-0.15, -0.1) is 0 Å². The van der Waals surface area contributed by atoms with Gasteiger partial charge in [-0.25, -0.2) is 9.36 Å². The van der Waals surface area contributed by atoms with E-state index in [-0.39, 0.29) is 32.0 Å². The lowest BCUT2D eigenvalue weighted by atomic mass is 10.3. The molecule has 0 radical (unpaired) electrons. The van der Waals surface area contributed by atoms with E-state index in [1.807, 2.05) is 0 Å². The van der Waals surface area contributed by atoms with Crippen LogP contribution in [-0.2, 0) is 23.4 Å². The van der Waals surface area contributed by atoms with Crippen LogP contribution in [0.4, 0.5) is 0 Å². The Hall–Kier alpha value is -0.720. The summed E-state index contributed by atoms with van der Waals surface area (Å²) >= 11 is 0. The highest BCUT2D eigenvalue weighted by Crippen LogP contribution is 2.35. The van der Waals surface area contributed by atoms with Crippen LogP contribution in [0.2, 0.25) is 0 Å². The second kappa shape index (κ2) is 8.38. The maximum atomic E-state index is 11.1. The fraction of sp³-hybridized carbons (Fsp3) is 0.667. The third-order valence-corrected chi connectivity index (χ3v) is 2.05. The molecule has 0 aromatic carbocycles. The highest BCUT2D eigenvalue weighted by Gasteiger charge is 2.12. The lowest BCUT2D eigenvalue weighted by molar-refractivity contribution is -0.139. The molecule has 0 spiro atoms. The predicted molar refractivity (Wildman–Crippen MR) is 59.2 cm³/mol. The van der Waals surface area contributed by atoms with E-state index < -0.39 is 13.8 Å². The summed E-state index contributed by atoms with van der Waals surface area (Å²) in [4.78, 5) is 27.8. The summed E-state index contributed by atoms with van der Waals surface area (Å²) in [5.74, 6) is -0.515. The number of carbonyl (C=O) groups excluding carboxylic acids is 1. The van der Waals surface area contributed by atoms with Gasteiger partial charge in [0.15, 0.2) is 0 Å². The van der Waals surface area contributed by atoms with Crippen LogP contribution in [0.15, 0.2) is 12.2 Å². The van der Waals surface area contributed by atoms with E-state index in [1.54, 1.807) is 6.92 Å². The topological polar surface area (TPSA) is 102 Å². The van der Waals surface area contributed by atoms with Crippen LogP contribution < -0.4 is 0 Å². The number of hydrogen-bond donors (Lipinski definition) is 2. The van der Waals surface area contributed by atoms with Gasteiger partial charge in [0.05, 0.1) is 25.4 Å². The molecule has 0 saturated carbocycles. The fourth-order valence-electron chi connectivity index (χ4n) is 0.832. The van der Waals surface area contributed by atoms with Crippen LogP contribution in [0.1, 0.15) is 13.3 Å². The van der Waals surface area contributed by atoms with Gasteiger partial charge in [0, 0.05) is 6.61 Å². The van der Waals surface area contributed by atoms with Crippen LogP contribution in [0.25, 0.3) is 0 Å². The van der Waals surface area contributed by atoms with Crippen LogP contribution in [0, 0.1) is 0 Å². The maximum absolute atomic E-state index is 11.1. The van der Waals surface area contributed by atoms with Crippen molar-refractivity contribution in [1.82, 2.24) is 0 Å². The first-order chi connectivity index (χ1) is 7.87. The van der Waals surface area contributed by atoms with Crippen LogP contribution >= 0.6 is 7.82 Å². The normalized spacial score (nSPS) is 11.2. The lowest BCUT2D eigenvalue weighted by Gasteiger charge is -2.07. The molecule has 8 heteroatoms. The van der Waals surface area contributed by atoms with Crippen molar-refractivity contribution in [2.45, 2.75) is 13.3 Å².